The predicted molar refractivity (Wildman–Crippen MR) is 260 cm³/mol. The zero-order chi connectivity index (χ0) is 47.9. The lowest BCUT2D eigenvalue weighted by Crippen LogP contribution is -2.51. The fourth-order valence-electron chi connectivity index (χ4n) is 12.3. The summed E-state index contributed by atoms with van der Waals surface area (Å²) in [6, 6.07) is 0. The molecule has 3 saturated carbocycles. The molecule has 0 aliphatic heterocycles. The van der Waals surface area contributed by atoms with Crippen LogP contribution < -0.4 is 16.0 Å². The Morgan fingerprint density at radius 2 is 1.36 bits per heavy atom. The standard InChI is InChI=1S/C54H97N3O7/c1-37(2)18-17-19-38(3)42-22-23-43-41-21-20-39-36-40(24-28-53(39,15)44(41)25-29-54(42,43)16)63-46(59)55-33-30-52(13,14)62-34-31-49(7,8)56-45(58)26-27-51(11,12)61-35-32-50(9,10)57-47(60)64-48(4,5)6/h20,37-38,40-44H,17-19,21-36H2,1-16H3,(H,55,59)(H,56,58)(H,57,60)/t38-,40+,41+,42-,43?,44?,53+,54-/m1/s1. The summed E-state index contributed by atoms with van der Waals surface area (Å²) in [6.07, 6.45) is 18.3. The van der Waals surface area contributed by atoms with Gasteiger partial charge in [0.05, 0.1) is 11.2 Å². The Bertz CT molecular complexity index is 1580. The maximum Gasteiger partial charge on any atom is 0.408 e. The van der Waals surface area contributed by atoms with Gasteiger partial charge in [0.2, 0.25) is 5.91 Å². The van der Waals surface area contributed by atoms with Crippen LogP contribution in [0, 0.1) is 46.3 Å². The SMILES string of the molecule is CC(C)CCC[C@@H](C)[C@H]1CCC2[C@@H]3CC=C4C[C@@H](OC(=O)NCCC(C)(C)OCCC(C)(C)NC(=O)CCC(C)(C)OCCC(C)(C)NC(=O)OC(C)(C)C)CC[C@]4(C)C3CC[C@@]21C. The normalized spacial score (nSPS) is 28.0. The molecule has 8 atom stereocenters. The second-order valence-electron chi connectivity index (χ2n) is 25.4. The molecule has 0 saturated heterocycles. The van der Waals surface area contributed by atoms with Gasteiger partial charge in [0.15, 0.2) is 0 Å². The first-order chi connectivity index (χ1) is 29.4. The number of hydrogen-bond donors (Lipinski definition) is 3. The molecule has 0 aromatic rings. The molecule has 64 heavy (non-hydrogen) atoms. The second-order valence-corrected chi connectivity index (χ2v) is 25.4. The van der Waals surface area contributed by atoms with Crippen molar-refractivity contribution in [1.82, 2.24) is 16.0 Å². The van der Waals surface area contributed by atoms with Crippen molar-refractivity contribution in [3.63, 3.8) is 0 Å². The quantitative estimate of drug-likeness (QED) is 0.0924. The van der Waals surface area contributed by atoms with E-state index >= 15 is 0 Å². The molecule has 3 fully saturated rings. The third-order valence-corrected chi connectivity index (χ3v) is 16.2. The number of allylic oxidation sites excluding steroid dienone is 1. The molecular weight excluding hydrogens is 803 g/mol. The summed E-state index contributed by atoms with van der Waals surface area (Å²) in [5.41, 5.74) is -0.204. The summed E-state index contributed by atoms with van der Waals surface area (Å²) in [5.74, 6) is 4.89. The lowest BCUT2D eigenvalue weighted by molar-refractivity contribution is -0.125. The van der Waals surface area contributed by atoms with Gasteiger partial charge in [-0.3, -0.25) is 4.79 Å². The highest BCUT2D eigenvalue weighted by Gasteiger charge is 2.59. The van der Waals surface area contributed by atoms with Gasteiger partial charge in [0.25, 0.3) is 0 Å². The van der Waals surface area contributed by atoms with E-state index in [1.807, 2.05) is 76.2 Å². The molecule has 370 valence electrons. The smallest absolute Gasteiger partial charge is 0.408 e. The van der Waals surface area contributed by atoms with E-state index in [2.05, 4.69) is 56.6 Å². The van der Waals surface area contributed by atoms with Crippen molar-refractivity contribution in [3.8, 4) is 0 Å². The molecule has 0 radical (unpaired) electrons. The van der Waals surface area contributed by atoms with Crippen LogP contribution in [-0.4, -0.2) is 71.8 Å². The Morgan fingerprint density at radius 1 is 0.734 bits per heavy atom. The van der Waals surface area contributed by atoms with Gasteiger partial charge in [-0.1, -0.05) is 65.5 Å². The maximum absolute atomic E-state index is 13.1. The molecule has 4 rings (SSSR count). The minimum Gasteiger partial charge on any atom is -0.446 e. The first-order valence-electron chi connectivity index (χ1n) is 25.7. The molecule has 0 aromatic carbocycles. The van der Waals surface area contributed by atoms with Crippen molar-refractivity contribution in [2.75, 3.05) is 19.8 Å². The zero-order valence-corrected chi connectivity index (χ0v) is 43.9. The summed E-state index contributed by atoms with van der Waals surface area (Å²) in [6.45, 7) is 35.4. The van der Waals surface area contributed by atoms with Crippen LogP contribution in [0.15, 0.2) is 11.6 Å². The van der Waals surface area contributed by atoms with Crippen molar-refractivity contribution in [1.29, 1.82) is 0 Å². The monoisotopic (exact) mass is 900 g/mol. The summed E-state index contributed by atoms with van der Waals surface area (Å²) in [4.78, 5) is 38.3. The van der Waals surface area contributed by atoms with E-state index in [1.54, 1.807) is 5.57 Å². The number of fused-ring (bicyclic) bond motifs is 5. The highest BCUT2D eigenvalue weighted by molar-refractivity contribution is 5.76. The van der Waals surface area contributed by atoms with Crippen LogP contribution in [0.2, 0.25) is 0 Å². The average molecular weight is 900 g/mol. The minimum atomic E-state index is -0.561. The molecule has 0 aromatic heterocycles. The van der Waals surface area contributed by atoms with E-state index in [1.165, 1.54) is 51.4 Å². The number of carbonyl (C=O) groups is 3. The molecule has 3 N–H and O–H groups in total. The first-order valence-corrected chi connectivity index (χ1v) is 25.7. The van der Waals surface area contributed by atoms with Gasteiger partial charge in [-0.05, 0) is 193 Å². The molecular formula is C54H97N3O7. The third-order valence-electron chi connectivity index (χ3n) is 16.2. The lowest BCUT2D eigenvalue weighted by atomic mass is 9.47. The number of alkyl carbamates (subject to hydrolysis) is 2. The predicted octanol–water partition coefficient (Wildman–Crippen LogP) is 12.9. The van der Waals surface area contributed by atoms with Crippen LogP contribution >= 0.6 is 0 Å². The average Bonchev–Trinajstić information content (AvgIpc) is 3.49. The highest BCUT2D eigenvalue weighted by Crippen LogP contribution is 2.67. The molecule has 0 heterocycles. The van der Waals surface area contributed by atoms with E-state index < -0.39 is 34.0 Å². The van der Waals surface area contributed by atoms with Crippen LogP contribution in [0.4, 0.5) is 9.59 Å². The van der Waals surface area contributed by atoms with Gasteiger partial charge in [-0.25, -0.2) is 9.59 Å². The molecule has 4 aliphatic rings. The van der Waals surface area contributed by atoms with Crippen molar-refractivity contribution in [2.45, 2.75) is 247 Å². The number of rotatable bonds is 22. The van der Waals surface area contributed by atoms with Crippen LogP contribution in [0.1, 0.15) is 214 Å². The summed E-state index contributed by atoms with van der Waals surface area (Å²) < 4.78 is 23.9. The fourth-order valence-corrected chi connectivity index (χ4v) is 12.3. The van der Waals surface area contributed by atoms with Crippen LogP contribution in [0.25, 0.3) is 0 Å². The van der Waals surface area contributed by atoms with Crippen LogP contribution in [-0.2, 0) is 23.7 Å². The summed E-state index contributed by atoms with van der Waals surface area (Å²) in [7, 11) is 0. The van der Waals surface area contributed by atoms with E-state index in [9.17, 15) is 14.4 Å². The summed E-state index contributed by atoms with van der Waals surface area (Å²) in [5, 5.41) is 9.11. The lowest BCUT2D eigenvalue weighted by Gasteiger charge is -2.58. The van der Waals surface area contributed by atoms with E-state index in [4.69, 9.17) is 18.9 Å². The van der Waals surface area contributed by atoms with Gasteiger partial charge in [-0.2, -0.15) is 0 Å². The number of amides is 3. The fraction of sp³-hybridized carbons (Fsp3) is 0.907. The second kappa shape index (κ2) is 21.7. The van der Waals surface area contributed by atoms with Crippen molar-refractivity contribution in [3.05, 3.63) is 11.6 Å². The number of nitrogens with one attached hydrogen (secondary N) is 3. The molecule has 3 amide bonds. The molecule has 0 spiro atoms. The Hall–Kier alpha value is -2.33. The molecule has 4 aliphatic carbocycles. The van der Waals surface area contributed by atoms with Crippen molar-refractivity contribution < 1.29 is 33.3 Å². The van der Waals surface area contributed by atoms with Crippen LogP contribution in [0.5, 0.6) is 0 Å². The van der Waals surface area contributed by atoms with Gasteiger partial charge >= 0.3 is 12.2 Å². The summed E-state index contributed by atoms with van der Waals surface area (Å²) >= 11 is 0. The molecule has 0 bridgehead atoms. The maximum atomic E-state index is 13.1. The Balaban J connectivity index is 1.12. The Morgan fingerprint density at radius 3 is 1.98 bits per heavy atom. The number of carbonyl (C=O) groups excluding carboxylic acids is 3. The van der Waals surface area contributed by atoms with Crippen molar-refractivity contribution >= 4 is 18.1 Å². The van der Waals surface area contributed by atoms with Gasteiger partial charge in [0, 0.05) is 43.7 Å². The van der Waals surface area contributed by atoms with Gasteiger partial charge in [0.1, 0.15) is 11.7 Å². The Labute approximate surface area is 391 Å². The highest BCUT2D eigenvalue weighted by atomic mass is 16.6. The number of ether oxygens (including phenoxy) is 4. The third kappa shape index (κ3) is 15.9. The molecule has 10 heteroatoms. The van der Waals surface area contributed by atoms with E-state index in [-0.39, 0.29) is 23.5 Å². The van der Waals surface area contributed by atoms with E-state index in [0.717, 1.165) is 54.8 Å². The Kier molecular flexibility index (Phi) is 18.4. The largest absolute Gasteiger partial charge is 0.446 e. The topological polar surface area (TPSA) is 124 Å². The molecule has 2 unspecified atom stereocenters. The van der Waals surface area contributed by atoms with Gasteiger partial charge < -0.3 is 34.9 Å². The van der Waals surface area contributed by atoms with Gasteiger partial charge in [-0.15, -0.1) is 0 Å². The minimum absolute atomic E-state index is 0.0290. The first kappa shape index (κ1) is 54.3. The number of hydrogen-bond acceptors (Lipinski definition) is 7. The molecule has 10 nitrogen and oxygen atoms in total. The van der Waals surface area contributed by atoms with E-state index in [0.29, 0.717) is 57.3 Å². The van der Waals surface area contributed by atoms with Crippen molar-refractivity contribution in [2.24, 2.45) is 46.3 Å². The zero-order valence-electron chi connectivity index (χ0n) is 43.9. The van der Waals surface area contributed by atoms with Crippen LogP contribution in [0.3, 0.4) is 0 Å².